The first kappa shape index (κ1) is 32.3. The molecule has 0 saturated carbocycles. The zero-order valence-electron chi connectivity index (χ0n) is 31.1. The fourth-order valence-corrected chi connectivity index (χ4v) is 8.82. The van der Waals surface area contributed by atoms with E-state index in [9.17, 15) is 0 Å². The lowest BCUT2D eigenvalue weighted by molar-refractivity contribution is 0.660. The van der Waals surface area contributed by atoms with Crippen molar-refractivity contribution in [2.24, 2.45) is 0 Å². The third kappa shape index (κ3) is 5.03. The molecule has 4 heteroatoms. The van der Waals surface area contributed by atoms with Gasteiger partial charge < -0.3 is 4.57 Å². The van der Waals surface area contributed by atoms with Crippen LogP contribution >= 0.6 is 0 Å². The van der Waals surface area contributed by atoms with Gasteiger partial charge in [-0.3, -0.25) is 0 Å². The van der Waals surface area contributed by atoms with Crippen molar-refractivity contribution < 1.29 is 0 Å². The number of hydrogen-bond acceptors (Lipinski definition) is 3. The highest BCUT2D eigenvalue weighted by Gasteiger charge is 2.35. The highest BCUT2D eigenvalue weighted by Crippen LogP contribution is 2.50. The second kappa shape index (κ2) is 12.4. The summed E-state index contributed by atoms with van der Waals surface area (Å²) in [6, 6.07) is 65.0. The van der Waals surface area contributed by atoms with Crippen molar-refractivity contribution in [3.05, 3.63) is 193 Å². The number of hydrogen-bond donors (Lipinski definition) is 0. The van der Waals surface area contributed by atoms with Gasteiger partial charge in [0.2, 0.25) is 0 Å². The largest absolute Gasteiger partial charge is 0.309 e. The fraction of sp³-hybridized carbons (Fsp3) is 0.0577. The molecule has 0 saturated heterocycles. The van der Waals surface area contributed by atoms with Crippen molar-refractivity contribution in [1.29, 1.82) is 0 Å². The first-order chi connectivity index (χ1) is 27.5. The van der Waals surface area contributed by atoms with E-state index in [1.54, 1.807) is 0 Å². The van der Waals surface area contributed by atoms with E-state index in [1.165, 1.54) is 54.9 Å². The first-order valence-electron chi connectivity index (χ1n) is 19.2. The molecule has 0 radical (unpaired) electrons. The Kier molecular flexibility index (Phi) is 7.17. The van der Waals surface area contributed by atoms with Crippen LogP contribution in [-0.4, -0.2) is 19.5 Å². The number of benzene rings is 8. The van der Waals surface area contributed by atoms with Crippen molar-refractivity contribution in [2.75, 3.05) is 0 Å². The second-order valence-electron chi connectivity index (χ2n) is 15.3. The van der Waals surface area contributed by atoms with Crippen molar-refractivity contribution in [1.82, 2.24) is 19.5 Å². The quantitative estimate of drug-likeness (QED) is 0.178. The predicted octanol–water partition coefficient (Wildman–Crippen LogP) is 13.1. The SMILES string of the molecule is CC1(C)c2ccccc2-c2ccc(-c3ccc4c(c3)c3ccc(-c5nc(-c6ccccc6)nc(-c6ccccc6)n5)cc3n4-c3cccc4ccccc34)cc21. The predicted molar refractivity (Wildman–Crippen MR) is 231 cm³/mol. The molecule has 0 N–H and O–H groups in total. The van der Waals surface area contributed by atoms with Crippen LogP contribution in [0.1, 0.15) is 25.0 Å². The molecule has 8 aromatic carbocycles. The van der Waals surface area contributed by atoms with Crippen LogP contribution in [0.25, 0.3) is 94.7 Å². The summed E-state index contributed by atoms with van der Waals surface area (Å²) in [7, 11) is 0. The molecule has 2 aromatic heterocycles. The summed E-state index contributed by atoms with van der Waals surface area (Å²) in [4.78, 5) is 15.1. The highest BCUT2D eigenvalue weighted by atomic mass is 15.0. The maximum absolute atomic E-state index is 5.09. The number of aromatic nitrogens is 4. The zero-order chi connectivity index (χ0) is 37.4. The molecular weight excluding hydrogens is 681 g/mol. The fourth-order valence-electron chi connectivity index (χ4n) is 8.82. The van der Waals surface area contributed by atoms with E-state index in [0.29, 0.717) is 17.5 Å². The number of nitrogens with zero attached hydrogens (tertiary/aromatic N) is 4. The third-order valence-corrected chi connectivity index (χ3v) is 11.6. The molecule has 264 valence electrons. The van der Waals surface area contributed by atoms with Gasteiger partial charge >= 0.3 is 0 Å². The van der Waals surface area contributed by atoms with E-state index in [4.69, 9.17) is 15.0 Å². The van der Waals surface area contributed by atoms with Gasteiger partial charge in [0.15, 0.2) is 17.5 Å². The molecule has 0 unspecified atom stereocenters. The molecule has 0 fully saturated rings. The van der Waals surface area contributed by atoms with Crippen LogP contribution in [0.2, 0.25) is 0 Å². The molecule has 0 bridgehead atoms. The molecule has 56 heavy (non-hydrogen) atoms. The van der Waals surface area contributed by atoms with Gasteiger partial charge in [0.1, 0.15) is 0 Å². The van der Waals surface area contributed by atoms with E-state index >= 15 is 0 Å². The Morgan fingerprint density at radius 2 is 0.964 bits per heavy atom. The van der Waals surface area contributed by atoms with Crippen LogP contribution in [0.5, 0.6) is 0 Å². The first-order valence-corrected chi connectivity index (χ1v) is 19.2. The van der Waals surface area contributed by atoms with Gasteiger partial charge in [-0.05, 0) is 69.1 Å². The van der Waals surface area contributed by atoms with Gasteiger partial charge in [-0.25, -0.2) is 15.0 Å². The minimum Gasteiger partial charge on any atom is -0.309 e. The standard InChI is InChI=1S/C52H36N4/c1-52(2)44-22-12-11-21-40(44)41-27-24-37(31-45(41)52)36-26-29-47-43(30-36)42-28-25-38(32-48(42)56(47)46-23-13-19-33-14-9-10-20-39(33)46)51-54-49(34-15-5-3-6-16-34)53-50(55-51)35-17-7-4-8-18-35/h3-32H,1-2H3. The summed E-state index contributed by atoms with van der Waals surface area (Å²) in [5, 5.41) is 4.77. The smallest absolute Gasteiger partial charge is 0.164 e. The minimum atomic E-state index is -0.0669. The molecule has 0 atom stereocenters. The summed E-state index contributed by atoms with van der Waals surface area (Å²) in [6.07, 6.45) is 0. The molecule has 2 heterocycles. The van der Waals surface area contributed by atoms with Gasteiger partial charge in [-0.2, -0.15) is 0 Å². The molecule has 1 aliphatic rings. The average molecular weight is 717 g/mol. The van der Waals surface area contributed by atoms with Crippen molar-refractivity contribution in [3.63, 3.8) is 0 Å². The van der Waals surface area contributed by atoms with E-state index < -0.39 is 0 Å². The molecule has 11 rings (SSSR count). The Balaban J connectivity index is 1.13. The normalized spacial score (nSPS) is 13.0. The van der Waals surface area contributed by atoms with Crippen molar-refractivity contribution in [2.45, 2.75) is 19.3 Å². The lowest BCUT2D eigenvalue weighted by Crippen LogP contribution is -2.14. The van der Waals surface area contributed by atoms with Gasteiger partial charge in [-0.15, -0.1) is 0 Å². The summed E-state index contributed by atoms with van der Waals surface area (Å²) < 4.78 is 2.42. The Morgan fingerprint density at radius 1 is 0.375 bits per heavy atom. The van der Waals surface area contributed by atoms with Gasteiger partial charge in [0.25, 0.3) is 0 Å². The zero-order valence-corrected chi connectivity index (χ0v) is 31.1. The summed E-state index contributed by atoms with van der Waals surface area (Å²) in [6.45, 7) is 4.69. The van der Waals surface area contributed by atoms with E-state index in [0.717, 1.165) is 33.4 Å². The van der Waals surface area contributed by atoms with Gasteiger partial charge in [0, 0.05) is 38.3 Å². The van der Waals surface area contributed by atoms with Crippen molar-refractivity contribution in [3.8, 4) is 62.1 Å². The van der Waals surface area contributed by atoms with Gasteiger partial charge in [0.05, 0.1) is 16.7 Å². The lowest BCUT2D eigenvalue weighted by atomic mass is 9.81. The number of rotatable bonds is 5. The molecule has 10 aromatic rings. The van der Waals surface area contributed by atoms with Crippen LogP contribution < -0.4 is 0 Å². The maximum atomic E-state index is 5.09. The molecule has 4 nitrogen and oxygen atoms in total. The molecular formula is C52H36N4. The van der Waals surface area contributed by atoms with Crippen LogP contribution in [-0.2, 0) is 5.41 Å². The minimum absolute atomic E-state index is 0.0669. The summed E-state index contributed by atoms with van der Waals surface area (Å²) in [5.74, 6) is 1.93. The Bertz CT molecular complexity index is 3100. The Morgan fingerprint density at radius 3 is 1.73 bits per heavy atom. The Hall–Kier alpha value is -7.17. The molecule has 0 aliphatic heterocycles. The highest BCUT2D eigenvalue weighted by molar-refractivity contribution is 6.12. The van der Waals surface area contributed by atoms with E-state index in [-0.39, 0.29) is 5.41 Å². The van der Waals surface area contributed by atoms with E-state index in [1.807, 2.05) is 60.7 Å². The van der Waals surface area contributed by atoms with Crippen LogP contribution in [0, 0.1) is 0 Å². The summed E-state index contributed by atoms with van der Waals surface area (Å²) in [5.41, 5.74) is 14.0. The maximum Gasteiger partial charge on any atom is 0.164 e. The topological polar surface area (TPSA) is 43.6 Å². The van der Waals surface area contributed by atoms with Crippen LogP contribution in [0.15, 0.2) is 182 Å². The average Bonchev–Trinajstić information content (AvgIpc) is 3.70. The van der Waals surface area contributed by atoms with Crippen LogP contribution in [0.3, 0.4) is 0 Å². The second-order valence-corrected chi connectivity index (χ2v) is 15.3. The number of fused-ring (bicyclic) bond motifs is 7. The summed E-state index contributed by atoms with van der Waals surface area (Å²) >= 11 is 0. The third-order valence-electron chi connectivity index (χ3n) is 11.6. The lowest BCUT2D eigenvalue weighted by Gasteiger charge is -2.22. The van der Waals surface area contributed by atoms with E-state index in [2.05, 4.69) is 140 Å². The van der Waals surface area contributed by atoms with Gasteiger partial charge in [-0.1, -0.05) is 166 Å². The Labute approximate surface area is 325 Å². The molecule has 0 spiro atoms. The molecule has 1 aliphatic carbocycles. The molecule has 0 amide bonds. The monoisotopic (exact) mass is 716 g/mol. The van der Waals surface area contributed by atoms with Crippen LogP contribution in [0.4, 0.5) is 0 Å². The van der Waals surface area contributed by atoms with Crippen molar-refractivity contribution >= 4 is 32.6 Å².